The molecule has 0 bridgehead atoms. The Labute approximate surface area is 65.1 Å². The van der Waals surface area contributed by atoms with Crippen molar-refractivity contribution in [1.82, 2.24) is 0 Å². The predicted molar refractivity (Wildman–Crippen MR) is 38.8 cm³/mol. The lowest BCUT2D eigenvalue weighted by Crippen LogP contribution is -2.30. The second-order valence-corrected chi connectivity index (χ2v) is 4.22. The van der Waals surface area contributed by atoms with Gasteiger partial charge in [-0.25, -0.2) is 8.42 Å². The van der Waals surface area contributed by atoms with Crippen LogP contribution in [0.15, 0.2) is 4.40 Å². The molecule has 1 heterocycles. The van der Waals surface area contributed by atoms with Gasteiger partial charge in [-0.15, -0.1) is 0 Å². The summed E-state index contributed by atoms with van der Waals surface area (Å²) in [5, 5.41) is -0.582. The Morgan fingerprint density at radius 3 is 2.82 bits per heavy atom. The minimum atomic E-state index is -3.38. The van der Waals surface area contributed by atoms with Gasteiger partial charge in [0.05, 0.1) is 7.11 Å². The summed E-state index contributed by atoms with van der Waals surface area (Å²) in [6.07, 6.45) is -0.178. The minimum Gasteiger partial charge on any atom is -0.453 e. The van der Waals surface area contributed by atoms with Crippen LogP contribution in [0.5, 0.6) is 0 Å². The topological polar surface area (TPSA) is 65.0 Å². The fourth-order valence-electron chi connectivity index (χ4n) is 0.591. The first-order valence-electron chi connectivity index (χ1n) is 3.07. The second-order valence-electron chi connectivity index (χ2n) is 2.20. The van der Waals surface area contributed by atoms with Crippen molar-refractivity contribution in [2.75, 3.05) is 13.7 Å². The molecule has 5 nitrogen and oxygen atoms in total. The van der Waals surface area contributed by atoms with Crippen LogP contribution in [-0.2, 0) is 19.5 Å². The molecule has 1 aliphatic rings. The monoisotopic (exact) mass is 179 g/mol. The van der Waals surface area contributed by atoms with E-state index in [1.165, 1.54) is 14.0 Å². The predicted octanol–water partition coefficient (Wildman–Crippen LogP) is -0.263. The maximum Gasteiger partial charge on any atom is 0.399 e. The zero-order valence-corrected chi connectivity index (χ0v) is 7.09. The van der Waals surface area contributed by atoms with Crippen LogP contribution in [0.4, 0.5) is 0 Å². The highest BCUT2D eigenvalue weighted by molar-refractivity contribution is 7.90. The van der Waals surface area contributed by atoms with Crippen LogP contribution in [0.2, 0.25) is 0 Å². The second kappa shape index (κ2) is 2.69. The maximum atomic E-state index is 11.0. The van der Waals surface area contributed by atoms with E-state index in [4.69, 9.17) is 4.74 Å². The first-order valence-corrected chi connectivity index (χ1v) is 4.57. The standard InChI is InChI=1S/C5H9NO4S/c1-4-3-10-5(9-2)6-11(4,7)8/h4H,3H2,1-2H3/t4-/m1/s1. The van der Waals surface area contributed by atoms with Crippen molar-refractivity contribution < 1.29 is 17.9 Å². The van der Waals surface area contributed by atoms with Gasteiger partial charge in [0.1, 0.15) is 11.9 Å². The van der Waals surface area contributed by atoms with Gasteiger partial charge in [-0.2, -0.15) is 0 Å². The van der Waals surface area contributed by atoms with E-state index in [0.717, 1.165) is 0 Å². The molecule has 0 aliphatic carbocycles. The molecule has 11 heavy (non-hydrogen) atoms. The van der Waals surface area contributed by atoms with Crippen molar-refractivity contribution in [3.8, 4) is 0 Å². The highest BCUT2D eigenvalue weighted by atomic mass is 32.2. The highest BCUT2D eigenvalue weighted by Gasteiger charge is 2.27. The highest BCUT2D eigenvalue weighted by Crippen LogP contribution is 2.10. The normalized spacial score (nSPS) is 28.5. The Morgan fingerprint density at radius 1 is 1.73 bits per heavy atom. The molecule has 0 aromatic heterocycles. The molecule has 0 aromatic rings. The summed E-state index contributed by atoms with van der Waals surface area (Å²) in [5.41, 5.74) is 0. The molecule has 0 N–H and O–H groups in total. The number of hydrogen-bond donors (Lipinski definition) is 0. The van der Waals surface area contributed by atoms with E-state index in [0.29, 0.717) is 0 Å². The van der Waals surface area contributed by atoms with Gasteiger partial charge in [-0.1, -0.05) is 4.40 Å². The molecule has 0 aromatic carbocycles. The third kappa shape index (κ3) is 1.62. The van der Waals surface area contributed by atoms with Crippen molar-refractivity contribution in [3.05, 3.63) is 0 Å². The van der Waals surface area contributed by atoms with Crippen LogP contribution < -0.4 is 0 Å². The first kappa shape index (κ1) is 8.32. The number of ether oxygens (including phenoxy) is 2. The van der Waals surface area contributed by atoms with Crippen LogP contribution in [0.1, 0.15) is 6.92 Å². The van der Waals surface area contributed by atoms with Crippen LogP contribution >= 0.6 is 0 Å². The van der Waals surface area contributed by atoms with E-state index in [2.05, 4.69) is 9.13 Å². The fourth-order valence-corrected chi connectivity index (χ4v) is 1.35. The minimum absolute atomic E-state index is 0.106. The third-order valence-corrected chi connectivity index (χ3v) is 2.88. The zero-order chi connectivity index (χ0) is 8.48. The van der Waals surface area contributed by atoms with Gasteiger partial charge in [0, 0.05) is 0 Å². The first-order chi connectivity index (χ1) is 5.06. The molecule has 64 valence electrons. The Morgan fingerprint density at radius 2 is 2.36 bits per heavy atom. The molecule has 0 radical (unpaired) electrons. The lowest BCUT2D eigenvalue weighted by molar-refractivity contribution is 0.194. The number of hydrogen-bond acceptors (Lipinski definition) is 4. The molecule has 1 rings (SSSR count). The van der Waals surface area contributed by atoms with Crippen molar-refractivity contribution in [1.29, 1.82) is 0 Å². The van der Waals surface area contributed by atoms with Gasteiger partial charge < -0.3 is 9.47 Å². The van der Waals surface area contributed by atoms with E-state index >= 15 is 0 Å². The van der Waals surface area contributed by atoms with E-state index in [1.54, 1.807) is 0 Å². The summed E-state index contributed by atoms with van der Waals surface area (Å²) >= 11 is 0. The number of sulfonamides is 1. The Kier molecular flexibility index (Phi) is 2.03. The zero-order valence-electron chi connectivity index (χ0n) is 6.27. The molecule has 0 saturated carbocycles. The summed E-state index contributed by atoms with van der Waals surface area (Å²) in [5.74, 6) is 0. The summed E-state index contributed by atoms with van der Waals surface area (Å²) < 4.78 is 34.6. The van der Waals surface area contributed by atoms with E-state index in [9.17, 15) is 8.42 Å². The molecule has 0 amide bonds. The fraction of sp³-hybridized carbons (Fsp3) is 0.800. The molecule has 0 saturated heterocycles. The van der Waals surface area contributed by atoms with E-state index < -0.39 is 15.3 Å². The number of rotatable bonds is 0. The van der Waals surface area contributed by atoms with Crippen LogP contribution in [0.25, 0.3) is 0 Å². The maximum absolute atomic E-state index is 11.0. The van der Waals surface area contributed by atoms with Gasteiger partial charge in [0.15, 0.2) is 0 Å². The van der Waals surface area contributed by atoms with Crippen molar-refractivity contribution >= 4 is 16.1 Å². The van der Waals surface area contributed by atoms with Crippen molar-refractivity contribution in [2.24, 2.45) is 4.40 Å². The van der Waals surface area contributed by atoms with Gasteiger partial charge in [-0.3, -0.25) is 0 Å². The molecule has 1 atom stereocenters. The Balaban J connectivity index is 2.95. The van der Waals surface area contributed by atoms with Crippen LogP contribution in [0, 0.1) is 0 Å². The molecule has 0 unspecified atom stereocenters. The van der Waals surface area contributed by atoms with Gasteiger partial charge in [0.2, 0.25) is 0 Å². The Hall–Kier alpha value is -0.780. The summed E-state index contributed by atoms with van der Waals surface area (Å²) in [6.45, 7) is 1.64. The van der Waals surface area contributed by atoms with Crippen LogP contribution in [-0.4, -0.2) is 33.5 Å². The number of nitrogens with zero attached hydrogens (tertiary/aromatic N) is 1. The average molecular weight is 179 g/mol. The SMILES string of the molecule is COC1=NS(=O)(=O)[C@H](C)CO1. The molecular formula is C5H9NO4S. The molecule has 1 aliphatic heterocycles. The molecular weight excluding hydrogens is 170 g/mol. The molecule has 6 heteroatoms. The van der Waals surface area contributed by atoms with E-state index in [-0.39, 0.29) is 12.7 Å². The van der Waals surface area contributed by atoms with Gasteiger partial charge in [-0.05, 0) is 6.92 Å². The third-order valence-electron chi connectivity index (χ3n) is 1.33. The van der Waals surface area contributed by atoms with Crippen LogP contribution in [0.3, 0.4) is 0 Å². The molecule has 0 fully saturated rings. The molecule has 0 spiro atoms. The van der Waals surface area contributed by atoms with Crippen molar-refractivity contribution in [3.63, 3.8) is 0 Å². The quantitative estimate of drug-likeness (QED) is 0.513. The number of methoxy groups -OCH3 is 1. The summed E-state index contributed by atoms with van der Waals surface area (Å²) in [7, 11) is -2.07. The average Bonchev–Trinajstić information content (AvgIpc) is 1.95. The largest absolute Gasteiger partial charge is 0.453 e. The smallest absolute Gasteiger partial charge is 0.399 e. The van der Waals surface area contributed by atoms with Gasteiger partial charge in [0.25, 0.3) is 10.0 Å². The lowest BCUT2D eigenvalue weighted by Gasteiger charge is -2.16. The lowest BCUT2D eigenvalue weighted by atomic mass is 10.5. The summed E-state index contributed by atoms with van der Waals surface area (Å²) in [6, 6.07) is 0. The van der Waals surface area contributed by atoms with Crippen molar-refractivity contribution in [2.45, 2.75) is 12.2 Å². The Bertz CT molecular complexity index is 268. The van der Waals surface area contributed by atoms with E-state index in [1.807, 2.05) is 0 Å². The summed E-state index contributed by atoms with van der Waals surface area (Å²) in [4.78, 5) is 0. The van der Waals surface area contributed by atoms with Gasteiger partial charge >= 0.3 is 6.08 Å².